The Kier molecular flexibility index (Phi) is 7.70. The Hall–Kier alpha value is -4.11. The van der Waals surface area contributed by atoms with Gasteiger partial charge in [-0.2, -0.15) is 0 Å². The minimum Gasteiger partial charge on any atom is -0.508 e. The van der Waals surface area contributed by atoms with Crippen molar-refractivity contribution in [1.82, 2.24) is 0 Å². The van der Waals surface area contributed by atoms with Crippen molar-refractivity contribution in [1.29, 1.82) is 0 Å². The van der Waals surface area contributed by atoms with E-state index in [9.17, 15) is 9.90 Å². The van der Waals surface area contributed by atoms with Gasteiger partial charge >= 0.3 is 0 Å². The molecule has 4 aromatic carbocycles. The van der Waals surface area contributed by atoms with Gasteiger partial charge in [0.05, 0.1) is 6.61 Å². The number of aromatic hydroxyl groups is 1. The van der Waals surface area contributed by atoms with E-state index in [0.717, 1.165) is 45.6 Å². The first kappa shape index (κ1) is 25.0. The van der Waals surface area contributed by atoms with E-state index in [1.807, 2.05) is 62.4 Å². The SMILES string of the molecule is CCCOc1ccc(C(=O)/C(=C(/C)c2ccc(C)cc2)c2ccc(-c3ccc(O)cc3)cc2C)cc1. The van der Waals surface area contributed by atoms with E-state index in [1.54, 1.807) is 12.1 Å². The van der Waals surface area contributed by atoms with Crippen LogP contribution in [-0.2, 0) is 0 Å². The number of hydrogen-bond acceptors (Lipinski definition) is 3. The normalized spacial score (nSPS) is 11.7. The van der Waals surface area contributed by atoms with Gasteiger partial charge in [-0.25, -0.2) is 0 Å². The van der Waals surface area contributed by atoms with Crippen LogP contribution in [0.2, 0.25) is 0 Å². The highest BCUT2D eigenvalue weighted by atomic mass is 16.5. The number of Topliss-reactive ketones (excluding diaryl/α,β-unsaturated/α-hetero) is 1. The molecule has 0 saturated heterocycles. The molecule has 0 aromatic heterocycles. The lowest BCUT2D eigenvalue weighted by Crippen LogP contribution is -2.07. The second-order valence-corrected chi connectivity index (χ2v) is 9.14. The Labute approximate surface area is 213 Å². The second-order valence-electron chi connectivity index (χ2n) is 9.14. The van der Waals surface area contributed by atoms with Crippen LogP contribution in [0.4, 0.5) is 0 Å². The fraction of sp³-hybridized carbons (Fsp3) is 0.182. The molecule has 0 heterocycles. The molecule has 0 bridgehead atoms. The number of allylic oxidation sites excluding steroid dienone is 2. The van der Waals surface area contributed by atoms with Crippen LogP contribution < -0.4 is 4.74 Å². The molecule has 0 aliphatic rings. The quantitative estimate of drug-likeness (QED) is 0.158. The van der Waals surface area contributed by atoms with Crippen molar-refractivity contribution in [3.05, 3.63) is 119 Å². The van der Waals surface area contributed by atoms with E-state index in [1.165, 1.54) is 5.56 Å². The molecule has 0 unspecified atom stereocenters. The zero-order chi connectivity index (χ0) is 25.7. The van der Waals surface area contributed by atoms with Crippen molar-refractivity contribution in [2.45, 2.75) is 34.1 Å². The molecule has 0 saturated carbocycles. The molecule has 0 atom stereocenters. The topological polar surface area (TPSA) is 46.5 Å². The summed E-state index contributed by atoms with van der Waals surface area (Å²) in [5.41, 5.74) is 8.42. The number of rotatable bonds is 8. The highest BCUT2D eigenvalue weighted by Crippen LogP contribution is 2.34. The molecule has 0 aliphatic heterocycles. The van der Waals surface area contributed by atoms with Crippen LogP contribution in [-0.4, -0.2) is 17.5 Å². The van der Waals surface area contributed by atoms with Gasteiger partial charge in [0, 0.05) is 11.1 Å². The molecule has 0 radical (unpaired) electrons. The maximum atomic E-state index is 14.0. The first-order chi connectivity index (χ1) is 17.4. The molecule has 3 heteroatoms. The molecule has 3 nitrogen and oxygen atoms in total. The Bertz CT molecular complexity index is 1380. The summed E-state index contributed by atoms with van der Waals surface area (Å²) >= 11 is 0. The average molecular weight is 477 g/mol. The van der Waals surface area contributed by atoms with Gasteiger partial charge in [-0.1, -0.05) is 67.1 Å². The summed E-state index contributed by atoms with van der Waals surface area (Å²) in [6, 6.07) is 29.0. The van der Waals surface area contributed by atoms with Crippen LogP contribution in [0.3, 0.4) is 0 Å². The third-order valence-electron chi connectivity index (χ3n) is 6.37. The second kappa shape index (κ2) is 11.1. The van der Waals surface area contributed by atoms with Crippen LogP contribution in [0, 0.1) is 13.8 Å². The molecule has 36 heavy (non-hydrogen) atoms. The Morgan fingerprint density at radius 2 is 1.39 bits per heavy atom. The fourth-order valence-corrected chi connectivity index (χ4v) is 4.29. The van der Waals surface area contributed by atoms with E-state index < -0.39 is 0 Å². The fourth-order valence-electron chi connectivity index (χ4n) is 4.29. The number of ether oxygens (including phenoxy) is 1. The standard InChI is InChI=1S/C33H32O3/c1-5-20-36-30-17-12-27(13-18-30)33(35)32(24(4)25-8-6-22(2)7-9-25)31-19-14-28(21-23(31)3)26-10-15-29(34)16-11-26/h6-19,21,34H,5,20H2,1-4H3/b32-24-. The first-order valence-electron chi connectivity index (χ1n) is 12.3. The monoisotopic (exact) mass is 476 g/mol. The zero-order valence-electron chi connectivity index (χ0n) is 21.3. The van der Waals surface area contributed by atoms with Crippen LogP contribution in [0.1, 0.15) is 52.9 Å². The van der Waals surface area contributed by atoms with E-state index in [2.05, 4.69) is 44.2 Å². The van der Waals surface area contributed by atoms with Gasteiger partial charge in [0.25, 0.3) is 0 Å². The van der Waals surface area contributed by atoms with E-state index in [0.29, 0.717) is 17.7 Å². The summed E-state index contributed by atoms with van der Waals surface area (Å²) in [4.78, 5) is 14.0. The van der Waals surface area contributed by atoms with Crippen molar-refractivity contribution in [3.8, 4) is 22.6 Å². The molecule has 4 aromatic rings. The maximum absolute atomic E-state index is 14.0. The van der Waals surface area contributed by atoms with Gasteiger partial charge < -0.3 is 9.84 Å². The Morgan fingerprint density at radius 1 is 0.778 bits per heavy atom. The van der Waals surface area contributed by atoms with Crippen molar-refractivity contribution in [2.75, 3.05) is 6.61 Å². The Morgan fingerprint density at radius 3 is 2.00 bits per heavy atom. The summed E-state index contributed by atoms with van der Waals surface area (Å²) in [6.07, 6.45) is 0.933. The van der Waals surface area contributed by atoms with Gasteiger partial charge in [0.15, 0.2) is 5.78 Å². The number of carbonyl (C=O) groups is 1. The zero-order valence-corrected chi connectivity index (χ0v) is 21.3. The van der Waals surface area contributed by atoms with Gasteiger partial charge in [-0.15, -0.1) is 0 Å². The molecular weight excluding hydrogens is 444 g/mol. The number of carbonyl (C=O) groups excluding carboxylic acids is 1. The number of phenols is 1. The van der Waals surface area contributed by atoms with Crippen molar-refractivity contribution in [2.24, 2.45) is 0 Å². The summed E-state index contributed by atoms with van der Waals surface area (Å²) in [6.45, 7) is 8.83. The number of benzene rings is 4. The predicted molar refractivity (Wildman–Crippen MR) is 149 cm³/mol. The van der Waals surface area contributed by atoms with Gasteiger partial charge in [0.1, 0.15) is 11.5 Å². The number of aryl methyl sites for hydroxylation is 2. The molecule has 0 fully saturated rings. The first-order valence-corrected chi connectivity index (χ1v) is 12.3. The molecular formula is C33H32O3. The van der Waals surface area contributed by atoms with Crippen molar-refractivity contribution >= 4 is 16.9 Å². The predicted octanol–water partition coefficient (Wildman–Crippen LogP) is 8.28. The van der Waals surface area contributed by atoms with Crippen LogP contribution in [0.25, 0.3) is 22.3 Å². The molecule has 1 N–H and O–H groups in total. The number of phenolic OH excluding ortho intramolecular Hbond substituents is 1. The highest BCUT2D eigenvalue weighted by Gasteiger charge is 2.20. The van der Waals surface area contributed by atoms with Crippen LogP contribution >= 0.6 is 0 Å². The smallest absolute Gasteiger partial charge is 0.193 e. The minimum absolute atomic E-state index is 0.0180. The van der Waals surface area contributed by atoms with Gasteiger partial charge in [-0.05, 0) is 97.0 Å². The molecule has 4 rings (SSSR count). The average Bonchev–Trinajstić information content (AvgIpc) is 2.89. The molecule has 0 spiro atoms. The van der Waals surface area contributed by atoms with Crippen molar-refractivity contribution in [3.63, 3.8) is 0 Å². The van der Waals surface area contributed by atoms with E-state index in [-0.39, 0.29) is 11.5 Å². The van der Waals surface area contributed by atoms with Crippen LogP contribution in [0.15, 0.2) is 91.0 Å². The lowest BCUT2D eigenvalue weighted by Gasteiger charge is -2.17. The van der Waals surface area contributed by atoms with Crippen LogP contribution in [0.5, 0.6) is 11.5 Å². The van der Waals surface area contributed by atoms with E-state index >= 15 is 0 Å². The number of ketones is 1. The number of hydrogen-bond donors (Lipinski definition) is 1. The molecule has 0 aliphatic carbocycles. The van der Waals surface area contributed by atoms with Gasteiger partial charge in [-0.3, -0.25) is 4.79 Å². The van der Waals surface area contributed by atoms with E-state index in [4.69, 9.17) is 4.74 Å². The largest absolute Gasteiger partial charge is 0.508 e. The third kappa shape index (κ3) is 5.58. The Balaban J connectivity index is 1.80. The maximum Gasteiger partial charge on any atom is 0.193 e. The van der Waals surface area contributed by atoms with Crippen molar-refractivity contribution < 1.29 is 14.6 Å². The molecule has 0 amide bonds. The lowest BCUT2D eigenvalue weighted by molar-refractivity contribution is 0.105. The molecule has 182 valence electrons. The highest BCUT2D eigenvalue weighted by molar-refractivity contribution is 6.34. The lowest BCUT2D eigenvalue weighted by atomic mass is 9.86. The summed E-state index contributed by atoms with van der Waals surface area (Å²) < 4.78 is 5.71. The summed E-state index contributed by atoms with van der Waals surface area (Å²) in [5, 5.41) is 9.64. The van der Waals surface area contributed by atoms with Gasteiger partial charge in [0.2, 0.25) is 0 Å². The minimum atomic E-state index is -0.0180. The summed E-state index contributed by atoms with van der Waals surface area (Å²) in [5.74, 6) is 0.988. The summed E-state index contributed by atoms with van der Waals surface area (Å²) in [7, 11) is 0. The third-order valence-corrected chi connectivity index (χ3v) is 6.37.